The molecule has 0 radical (unpaired) electrons. The monoisotopic (exact) mass is 420 g/mol. The van der Waals surface area contributed by atoms with E-state index >= 15 is 0 Å². The minimum Gasteiger partial charge on any atom is -0.483 e. The van der Waals surface area contributed by atoms with E-state index in [9.17, 15) is 0 Å². The molecule has 2 aliphatic heterocycles. The van der Waals surface area contributed by atoms with Crippen molar-refractivity contribution in [3.05, 3.63) is 90.3 Å². The third-order valence-corrected chi connectivity index (χ3v) is 5.73. The second-order valence-electron chi connectivity index (χ2n) is 7.79. The Morgan fingerprint density at radius 2 is 1.58 bits per heavy atom. The number of aromatic nitrogens is 1. The molecule has 0 aliphatic carbocycles. The number of benzene rings is 2. The molecule has 1 saturated heterocycles. The normalized spacial score (nSPS) is 21.7. The second-order valence-corrected chi connectivity index (χ2v) is 7.79. The van der Waals surface area contributed by atoms with Crippen LogP contribution < -0.4 is 4.74 Å². The first-order valence-electron chi connectivity index (χ1n) is 10.1. The fourth-order valence-electron chi connectivity index (χ4n) is 4.48. The number of carboxylic acid groups (broad SMARTS) is 2. The van der Waals surface area contributed by atoms with Gasteiger partial charge in [0.25, 0.3) is 0 Å². The third kappa shape index (κ3) is 4.32. The average Bonchev–Trinajstić information content (AvgIpc) is 3.48. The molecule has 0 saturated carbocycles. The number of likely N-dealkylation sites (tertiary alicyclic amines) is 1. The van der Waals surface area contributed by atoms with Crippen molar-refractivity contribution in [2.45, 2.75) is 24.6 Å². The van der Waals surface area contributed by atoms with Crippen LogP contribution in [0.25, 0.3) is 0 Å². The summed E-state index contributed by atoms with van der Waals surface area (Å²) in [6, 6.07) is 23.7. The quantitative estimate of drug-likeness (QED) is 0.632. The SMILES string of the molecule is O=C(O)C(=O)O.c1ccc(CN2CCC3(C2)Oc2ccccc2C3n2cccc2)cc1. The fourth-order valence-corrected chi connectivity index (χ4v) is 4.48. The maximum atomic E-state index is 9.10. The highest BCUT2D eigenvalue weighted by Crippen LogP contribution is 2.49. The van der Waals surface area contributed by atoms with Crippen LogP contribution in [0.4, 0.5) is 0 Å². The molecule has 3 aromatic rings. The molecular formula is C24H24N2O5. The molecule has 31 heavy (non-hydrogen) atoms. The van der Waals surface area contributed by atoms with Crippen molar-refractivity contribution in [3.8, 4) is 5.75 Å². The predicted molar refractivity (Wildman–Crippen MR) is 114 cm³/mol. The molecule has 0 amide bonds. The highest BCUT2D eigenvalue weighted by molar-refractivity contribution is 6.27. The van der Waals surface area contributed by atoms with E-state index in [1.54, 1.807) is 0 Å². The summed E-state index contributed by atoms with van der Waals surface area (Å²) >= 11 is 0. The van der Waals surface area contributed by atoms with Gasteiger partial charge < -0.3 is 19.5 Å². The van der Waals surface area contributed by atoms with Crippen molar-refractivity contribution >= 4 is 11.9 Å². The lowest BCUT2D eigenvalue weighted by atomic mass is 9.90. The van der Waals surface area contributed by atoms with Gasteiger partial charge in [0.2, 0.25) is 0 Å². The Morgan fingerprint density at radius 3 is 2.26 bits per heavy atom. The molecule has 2 atom stereocenters. The van der Waals surface area contributed by atoms with Gasteiger partial charge in [0.1, 0.15) is 17.4 Å². The molecule has 1 fully saturated rings. The number of fused-ring (bicyclic) bond motifs is 1. The van der Waals surface area contributed by atoms with E-state index in [2.05, 4.69) is 88.6 Å². The molecule has 5 rings (SSSR count). The zero-order valence-electron chi connectivity index (χ0n) is 16.9. The third-order valence-electron chi connectivity index (χ3n) is 5.73. The number of para-hydroxylation sites is 1. The van der Waals surface area contributed by atoms with Crippen LogP contribution in [0.1, 0.15) is 23.6 Å². The summed E-state index contributed by atoms with van der Waals surface area (Å²) in [6.07, 6.45) is 5.38. The Balaban J connectivity index is 0.000000342. The van der Waals surface area contributed by atoms with Gasteiger partial charge in [-0.2, -0.15) is 0 Å². The number of hydrogen-bond donors (Lipinski definition) is 2. The van der Waals surface area contributed by atoms with Crippen LogP contribution in [0.5, 0.6) is 5.75 Å². The van der Waals surface area contributed by atoms with Crippen LogP contribution in [0, 0.1) is 0 Å². The summed E-state index contributed by atoms with van der Waals surface area (Å²) < 4.78 is 8.91. The summed E-state index contributed by atoms with van der Waals surface area (Å²) in [4.78, 5) is 20.7. The zero-order valence-corrected chi connectivity index (χ0v) is 16.9. The van der Waals surface area contributed by atoms with Crippen LogP contribution in [-0.2, 0) is 16.1 Å². The predicted octanol–water partition coefficient (Wildman–Crippen LogP) is 3.27. The first-order chi connectivity index (χ1) is 15.0. The number of nitrogens with zero attached hydrogens (tertiary/aromatic N) is 2. The number of carboxylic acids is 2. The summed E-state index contributed by atoms with van der Waals surface area (Å²) in [6.45, 7) is 3.01. The Kier molecular flexibility index (Phi) is 5.77. The summed E-state index contributed by atoms with van der Waals surface area (Å²) in [7, 11) is 0. The van der Waals surface area contributed by atoms with Gasteiger partial charge in [-0.15, -0.1) is 0 Å². The number of hydrogen-bond acceptors (Lipinski definition) is 4. The summed E-state index contributed by atoms with van der Waals surface area (Å²) in [5, 5.41) is 14.8. The molecule has 2 N–H and O–H groups in total. The first-order valence-corrected chi connectivity index (χ1v) is 10.1. The molecule has 160 valence electrons. The lowest BCUT2D eigenvalue weighted by molar-refractivity contribution is -0.159. The number of ether oxygens (including phenoxy) is 1. The maximum Gasteiger partial charge on any atom is 0.414 e. The minimum absolute atomic E-state index is 0.169. The van der Waals surface area contributed by atoms with Crippen molar-refractivity contribution in [3.63, 3.8) is 0 Å². The largest absolute Gasteiger partial charge is 0.483 e. The number of carbonyl (C=O) groups is 2. The molecule has 3 heterocycles. The van der Waals surface area contributed by atoms with Crippen LogP contribution in [0.2, 0.25) is 0 Å². The Hall–Kier alpha value is -3.58. The maximum absolute atomic E-state index is 9.10. The average molecular weight is 420 g/mol. The van der Waals surface area contributed by atoms with Gasteiger partial charge >= 0.3 is 11.9 Å². The van der Waals surface area contributed by atoms with Gasteiger partial charge in [0.05, 0.1) is 0 Å². The highest BCUT2D eigenvalue weighted by atomic mass is 16.5. The van der Waals surface area contributed by atoms with E-state index in [0.29, 0.717) is 0 Å². The lowest BCUT2D eigenvalue weighted by Crippen LogP contribution is -2.43. The molecule has 2 aromatic carbocycles. The molecule has 1 aromatic heterocycles. The molecule has 2 aliphatic rings. The van der Waals surface area contributed by atoms with E-state index < -0.39 is 11.9 Å². The fraction of sp³-hybridized carbons (Fsp3) is 0.250. The van der Waals surface area contributed by atoms with Crippen molar-refractivity contribution < 1.29 is 24.5 Å². The number of aliphatic carboxylic acids is 2. The van der Waals surface area contributed by atoms with E-state index in [-0.39, 0.29) is 11.6 Å². The van der Waals surface area contributed by atoms with Crippen LogP contribution in [0.3, 0.4) is 0 Å². The minimum atomic E-state index is -1.82. The Morgan fingerprint density at radius 1 is 0.935 bits per heavy atom. The molecule has 7 nitrogen and oxygen atoms in total. The van der Waals surface area contributed by atoms with Crippen molar-refractivity contribution in [2.75, 3.05) is 13.1 Å². The molecule has 2 unspecified atom stereocenters. The second kappa shape index (κ2) is 8.65. The van der Waals surface area contributed by atoms with Crippen molar-refractivity contribution in [2.24, 2.45) is 0 Å². The van der Waals surface area contributed by atoms with Crippen LogP contribution in [0.15, 0.2) is 79.1 Å². The van der Waals surface area contributed by atoms with Crippen molar-refractivity contribution in [1.29, 1.82) is 0 Å². The Labute approximate surface area is 180 Å². The van der Waals surface area contributed by atoms with Crippen molar-refractivity contribution in [1.82, 2.24) is 9.47 Å². The smallest absolute Gasteiger partial charge is 0.414 e. The van der Waals surface area contributed by atoms with Gasteiger partial charge in [0.15, 0.2) is 0 Å². The van der Waals surface area contributed by atoms with E-state index in [4.69, 9.17) is 24.5 Å². The van der Waals surface area contributed by atoms with Gasteiger partial charge in [-0.1, -0.05) is 48.5 Å². The molecule has 7 heteroatoms. The van der Waals surface area contributed by atoms with Gasteiger partial charge in [-0.25, -0.2) is 9.59 Å². The standard InChI is InChI=1S/C22H22N2O.C2H2O4/c1-2-8-18(9-3-1)16-23-15-12-22(17-23)21(24-13-6-7-14-24)19-10-4-5-11-20(19)25-22;3-1(4)2(5)6/h1-11,13-14,21H,12,15-17H2;(H,3,4)(H,5,6). The van der Waals surface area contributed by atoms with Gasteiger partial charge in [0, 0.05) is 44.0 Å². The molecule has 1 spiro atoms. The molecule has 0 bridgehead atoms. The van der Waals surface area contributed by atoms with Crippen LogP contribution in [-0.4, -0.2) is 50.3 Å². The lowest BCUT2D eigenvalue weighted by Gasteiger charge is -2.32. The first kappa shape index (κ1) is 20.7. The Bertz CT molecular complexity index is 1040. The highest BCUT2D eigenvalue weighted by Gasteiger charge is 2.53. The summed E-state index contributed by atoms with van der Waals surface area (Å²) in [5.41, 5.74) is 2.50. The number of rotatable bonds is 3. The van der Waals surface area contributed by atoms with E-state index in [1.807, 2.05) is 0 Å². The van der Waals surface area contributed by atoms with Gasteiger partial charge in [-0.05, 0) is 23.8 Å². The zero-order chi connectivity index (χ0) is 21.8. The van der Waals surface area contributed by atoms with Crippen LogP contribution >= 0.6 is 0 Å². The topological polar surface area (TPSA) is 92.0 Å². The van der Waals surface area contributed by atoms with Gasteiger partial charge in [-0.3, -0.25) is 4.90 Å². The van der Waals surface area contributed by atoms with E-state index in [1.165, 1.54) is 11.1 Å². The summed E-state index contributed by atoms with van der Waals surface area (Å²) in [5.74, 6) is -2.60. The molecular weight excluding hydrogens is 396 g/mol. The van der Waals surface area contributed by atoms with E-state index in [0.717, 1.165) is 31.8 Å².